The predicted octanol–water partition coefficient (Wildman–Crippen LogP) is 3.30. The molecule has 0 amide bonds. The first kappa shape index (κ1) is 9.12. The Hall–Kier alpha value is -0.450. The number of aliphatic hydroxyl groups excluding tert-OH is 1. The fraction of sp³-hybridized carbons (Fsp3) is 0.111. The lowest BCUT2D eigenvalue weighted by Gasteiger charge is -1.99. The topological polar surface area (TPSA) is 20.2 Å². The van der Waals surface area contributed by atoms with Gasteiger partial charge in [-0.1, -0.05) is 12.1 Å². The van der Waals surface area contributed by atoms with Crippen LogP contribution in [0.25, 0.3) is 10.1 Å². The zero-order valence-corrected chi connectivity index (χ0v) is 8.95. The summed E-state index contributed by atoms with van der Waals surface area (Å²) in [6.45, 7) is -0.253. The van der Waals surface area contributed by atoms with Crippen LogP contribution in [0.3, 0.4) is 0 Å². The van der Waals surface area contributed by atoms with Gasteiger partial charge in [0.1, 0.15) is 5.82 Å². The number of hydrogen-bond donors (Lipinski definition) is 1. The molecule has 1 aromatic carbocycles. The van der Waals surface area contributed by atoms with E-state index in [-0.39, 0.29) is 12.4 Å². The molecule has 2 rings (SSSR count). The highest BCUT2D eigenvalue weighted by Crippen LogP contribution is 2.33. The summed E-state index contributed by atoms with van der Waals surface area (Å²) < 4.78 is 15.0. The minimum absolute atomic E-state index is 0.253. The smallest absolute Gasteiger partial charge is 0.146 e. The molecular formula is C9H6BrFOS. The number of hydrogen-bond acceptors (Lipinski definition) is 2. The fourth-order valence-corrected chi connectivity index (χ4v) is 2.83. The lowest BCUT2D eigenvalue weighted by atomic mass is 10.2. The van der Waals surface area contributed by atoms with Crippen molar-refractivity contribution < 1.29 is 9.50 Å². The van der Waals surface area contributed by atoms with Crippen molar-refractivity contribution in [3.05, 3.63) is 33.4 Å². The van der Waals surface area contributed by atoms with Crippen molar-refractivity contribution >= 4 is 37.4 Å². The molecule has 0 fully saturated rings. The number of fused-ring (bicyclic) bond motifs is 1. The molecule has 13 heavy (non-hydrogen) atoms. The van der Waals surface area contributed by atoms with E-state index in [1.165, 1.54) is 11.3 Å². The van der Waals surface area contributed by atoms with E-state index in [2.05, 4.69) is 15.9 Å². The van der Waals surface area contributed by atoms with Gasteiger partial charge in [0.05, 0.1) is 11.3 Å². The average Bonchev–Trinajstić information content (AvgIpc) is 2.50. The van der Waals surface area contributed by atoms with E-state index < -0.39 is 0 Å². The monoisotopic (exact) mass is 260 g/mol. The Labute approximate surface area is 86.9 Å². The van der Waals surface area contributed by atoms with E-state index >= 15 is 0 Å². The largest absolute Gasteiger partial charge is 0.392 e. The lowest BCUT2D eigenvalue weighted by Crippen LogP contribution is -1.88. The van der Waals surface area contributed by atoms with Crippen LogP contribution in [0.1, 0.15) is 5.56 Å². The molecule has 1 nitrogen and oxygen atoms in total. The second-order valence-corrected chi connectivity index (χ2v) is 4.39. The predicted molar refractivity (Wildman–Crippen MR) is 55.4 cm³/mol. The van der Waals surface area contributed by atoms with E-state index in [1.54, 1.807) is 6.07 Å². The van der Waals surface area contributed by atoms with E-state index in [4.69, 9.17) is 5.11 Å². The van der Waals surface area contributed by atoms with E-state index in [1.807, 2.05) is 11.4 Å². The average molecular weight is 261 g/mol. The summed E-state index contributed by atoms with van der Waals surface area (Å²) in [4.78, 5) is 0. The molecule has 1 N–H and O–H groups in total. The van der Waals surface area contributed by atoms with Crippen molar-refractivity contribution in [3.63, 3.8) is 0 Å². The highest BCUT2D eigenvalue weighted by atomic mass is 79.9. The maximum absolute atomic E-state index is 13.5. The minimum atomic E-state index is -0.310. The first-order valence-corrected chi connectivity index (χ1v) is 5.36. The van der Waals surface area contributed by atoms with Gasteiger partial charge in [-0.2, -0.15) is 0 Å². The molecule has 0 saturated carbocycles. The van der Waals surface area contributed by atoms with Gasteiger partial charge in [0.15, 0.2) is 0 Å². The number of halogens is 2. The summed E-state index contributed by atoms with van der Waals surface area (Å²) in [5, 5.41) is 11.5. The zero-order chi connectivity index (χ0) is 9.42. The molecule has 1 heterocycles. The summed E-state index contributed by atoms with van der Waals surface area (Å²) in [6, 6.07) is 3.42. The Morgan fingerprint density at radius 1 is 1.46 bits per heavy atom. The molecule has 4 heteroatoms. The van der Waals surface area contributed by atoms with Gasteiger partial charge in [0, 0.05) is 20.8 Å². The van der Waals surface area contributed by atoms with Gasteiger partial charge < -0.3 is 5.11 Å². The third-order valence-corrected chi connectivity index (χ3v) is 3.83. The summed E-state index contributed by atoms with van der Waals surface area (Å²) in [5.74, 6) is -0.310. The van der Waals surface area contributed by atoms with Crippen LogP contribution in [0.2, 0.25) is 0 Å². The molecule has 0 saturated heterocycles. The summed E-state index contributed by atoms with van der Waals surface area (Å²) in [7, 11) is 0. The Bertz CT molecular complexity index is 452. The van der Waals surface area contributed by atoms with Crippen molar-refractivity contribution in [1.29, 1.82) is 0 Å². The molecule has 0 aliphatic rings. The van der Waals surface area contributed by atoms with Crippen LogP contribution in [0, 0.1) is 5.82 Å². The molecule has 0 atom stereocenters. The molecule has 68 valence electrons. The number of thiophene rings is 1. The Morgan fingerprint density at radius 2 is 2.23 bits per heavy atom. The maximum atomic E-state index is 13.5. The second-order valence-electron chi connectivity index (χ2n) is 2.66. The molecule has 0 radical (unpaired) electrons. The molecule has 0 bridgehead atoms. The van der Waals surface area contributed by atoms with Crippen LogP contribution in [-0.2, 0) is 6.61 Å². The van der Waals surface area contributed by atoms with Crippen molar-refractivity contribution in [2.24, 2.45) is 0 Å². The van der Waals surface area contributed by atoms with E-state index in [0.29, 0.717) is 10.3 Å². The SMILES string of the molecule is OCc1ccc2c(Br)csc2c1F. The summed E-state index contributed by atoms with van der Waals surface area (Å²) in [5.41, 5.74) is 0.349. The summed E-state index contributed by atoms with van der Waals surface area (Å²) in [6.07, 6.45) is 0. The van der Waals surface area contributed by atoms with Crippen molar-refractivity contribution in [3.8, 4) is 0 Å². The Morgan fingerprint density at radius 3 is 2.92 bits per heavy atom. The highest BCUT2D eigenvalue weighted by Gasteiger charge is 2.09. The first-order valence-electron chi connectivity index (χ1n) is 3.69. The quantitative estimate of drug-likeness (QED) is 0.835. The van der Waals surface area contributed by atoms with Crippen molar-refractivity contribution in [2.45, 2.75) is 6.61 Å². The zero-order valence-electron chi connectivity index (χ0n) is 6.55. The van der Waals surface area contributed by atoms with Gasteiger partial charge in [-0.05, 0) is 15.9 Å². The number of aliphatic hydroxyl groups is 1. The third kappa shape index (κ3) is 1.39. The minimum Gasteiger partial charge on any atom is -0.392 e. The highest BCUT2D eigenvalue weighted by molar-refractivity contribution is 9.10. The van der Waals surface area contributed by atoms with Gasteiger partial charge in [0.25, 0.3) is 0 Å². The normalized spacial score (nSPS) is 11.0. The third-order valence-electron chi connectivity index (χ3n) is 1.88. The van der Waals surface area contributed by atoms with Crippen LogP contribution in [0.4, 0.5) is 4.39 Å². The standard InChI is InChI=1S/C9H6BrFOS/c10-7-4-13-9-6(7)2-1-5(3-12)8(9)11/h1-2,4,12H,3H2. The summed E-state index contributed by atoms with van der Waals surface area (Å²) >= 11 is 4.67. The van der Waals surface area contributed by atoms with Gasteiger partial charge in [-0.15, -0.1) is 11.3 Å². The molecule has 0 spiro atoms. The van der Waals surface area contributed by atoms with E-state index in [0.717, 1.165) is 9.86 Å². The van der Waals surface area contributed by atoms with Crippen LogP contribution in [0.15, 0.2) is 22.0 Å². The Kier molecular flexibility index (Phi) is 2.36. The van der Waals surface area contributed by atoms with Crippen LogP contribution >= 0.6 is 27.3 Å². The molecule has 2 aromatic rings. The molecule has 1 aromatic heterocycles. The van der Waals surface area contributed by atoms with Crippen molar-refractivity contribution in [1.82, 2.24) is 0 Å². The number of rotatable bonds is 1. The molecule has 0 aliphatic heterocycles. The Balaban J connectivity index is 2.80. The van der Waals surface area contributed by atoms with Crippen LogP contribution in [0.5, 0.6) is 0 Å². The first-order chi connectivity index (χ1) is 6.24. The second kappa shape index (κ2) is 3.36. The van der Waals surface area contributed by atoms with Crippen molar-refractivity contribution in [2.75, 3.05) is 0 Å². The van der Waals surface area contributed by atoms with E-state index in [9.17, 15) is 4.39 Å². The van der Waals surface area contributed by atoms with Gasteiger partial charge in [-0.25, -0.2) is 4.39 Å². The fourth-order valence-electron chi connectivity index (χ4n) is 1.20. The van der Waals surface area contributed by atoms with Gasteiger partial charge >= 0.3 is 0 Å². The maximum Gasteiger partial charge on any atom is 0.146 e. The molecular weight excluding hydrogens is 255 g/mol. The van der Waals surface area contributed by atoms with Crippen LogP contribution < -0.4 is 0 Å². The van der Waals surface area contributed by atoms with Gasteiger partial charge in [0.2, 0.25) is 0 Å². The van der Waals surface area contributed by atoms with Crippen LogP contribution in [-0.4, -0.2) is 5.11 Å². The molecule has 0 unspecified atom stereocenters. The van der Waals surface area contributed by atoms with Gasteiger partial charge in [-0.3, -0.25) is 0 Å². The lowest BCUT2D eigenvalue weighted by molar-refractivity contribution is 0.276. The molecule has 0 aliphatic carbocycles. The number of benzene rings is 1.